The average Bonchev–Trinajstić information content (AvgIpc) is 2.82. The number of nitrogens with one attached hydrogen (secondary N) is 1. The van der Waals surface area contributed by atoms with E-state index in [-0.39, 0.29) is 36.8 Å². The fraction of sp³-hybridized carbons (Fsp3) is 0.769. The highest BCUT2D eigenvalue weighted by atomic mass is 35.5. The lowest BCUT2D eigenvalue weighted by Gasteiger charge is -2.24. The second-order valence-electron chi connectivity index (χ2n) is 6.18. The third kappa shape index (κ3) is 3.29. The molecule has 2 aliphatic heterocycles. The Balaban J connectivity index is 0.00000220. The summed E-state index contributed by atoms with van der Waals surface area (Å²) in [7, 11) is 0. The van der Waals surface area contributed by atoms with Crippen molar-refractivity contribution in [2.45, 2.75) is 38.8 Å². The molecule has 2 heterocycles. The summed E-state index contributed by atoms with van der Waals surface area (Å²) in [5.74, 6) is -0.263. The van der Waals surface area contributed by atoms with Crippen molar-refractivity contribution < 1.29 is 14.4 Å². The molecule has 3 N–H and O–H groups in total. The molecule has 8 heteroatoms. The van der Waals surface area contributed by atoms with E-state index in [1.807, 2.05) is 6.92 Å². The normalized spacial score (nSPS) is 27.6. The standard InChI is InChI=1S/C13H22N4O3.ClH/c1-8-4-9(5-14)6-16(8)10(18)7-17-11(19)13(2,3)15-12(17)20;/h8-9H,4-7,14H2,1-3H3,(H,15,20);1H. The summed E-state index contributed by atoms with van der Waals surface area (Å²) in [5.41, 5.74) is 4.70. The zero-order valence-electron chi connectivity index (χ0n) is 12.6. The van der Waals surface area contributed by atoms with Crippen molar-refractivity contribution in [3.63, 3.8) is 0 Å². The van der Waals surface area contributed by atoms with Crippen LogP contribution >= 0.6 is 12.4 Å². The maximum Gasteiger partial charge on any atom is 0.325 e. The largest absolute Gasteiger partial charge is 0.338 e. The SMILES string of the molecule is CC1CC(CN)CN1C(=O)CN1C(=O)NC(C)(C)C1=O.Cl. The predicted octanol–water partition coefficient (Wildman–Crippen LogP) is -0.0657. The molecule has 120 valence electrons. The van der Waals surface area contributed by atoms with Crippen LogP contribution in [0.4, 0.5) is 4.79 Å². The Morgan fingerprint density at radius 2 is 2.05 bits per heavy atom. The maximum atomic E-state index is 12.3. The summed E-state index contributed by atoms with van der Waals surface area (Å²) in [6, 6.07) is -0.402. The highest BCUT2D eigenvalue weighted by molar-refractivity contribution is 6.08. The molecule has 0 aromatic carbocycles. The van der Waals surface area contributed by atoms with Gasteiger partial charge in [0.05, 0.1) is 0 Å². The van der Waals surface area contributed by atoms with Gasteiger partial charge >= 0.3 is 6.03 Å². The van der Waals surface area contributed by atoms with Gasteiger partial charge in [0.1, 0.15) is 12.1 Å². The highest BCUT2D eigenvalue weighted by Crippen LogP contribution is 2.23. The number of halogens is 1. The number of likely N-dealkylation sites (tertiary alicyclic amines) is 1. The van der Waals surface area contributed by atoms with Crippen LogP contribution in [0.25, 0.3) is 0 Å². The lowest BCUT2D eigenvalue weighted by atomic mass is 10.1. The Hall–Kier alpha value is -1.34. The smallest absolute Gasteiger partial charge is 0.325 e. The van der Waals surface area contributed by atoms with Crippen LogP contribution in [0, 0.1) is 5.92 Å². The average molecular weight is 319 g/mol. The van der Waals surface area contributed by atoms with Crippen LogP contribution in [-0.2, 0) is 9.59 Å². The Labute approximate surface area is 130 Å². The Kier molecular flexibility index (Phi) is 5.22. The van der Waals surface area contributed by atoms with E-state index in [9.17, 15) is 14.4 Å². The molecule has 0 aliphatic carbocycles. The Bertz CT molecular complexity index is 455. The van der Waals surface area contributed by atoms with Gasteiger partial charge in [0, 0.05) is 12.6 Å². The summed E-state index contributed by atoms with van der Waals surface area (Å²) in [4.78, 5) is 38.8. The molecule has 2 aliphatic rings. The number of imide groups is 1. The zero-order chi connectivity index (χ0) is 15.1. The van der Waals surface area contributed by atoms with Gasteiger partial charge in [0.15, 0.2) is 0 Å². The maximum absolute atomic E-state index is 12.3. The van der Waals surface area contributed by atoms with E-state index in [2.05, 4.69) is 5.32 Å². The van der Waals surface area contributed by atoms with Crippen molar-refractivity contribution in [3.05, 3.63) is 0 Å². The van der Waals surface area contributed by atoms with Crippen LogP contribution in [0.3, 0.4) is 0 Å². The van der Waals surface area contributed by atoms with Crippen molar-refractivity contribution in [1.29, 1.82) is 0 Å². The first-order valence-electron chi connectivity index (χ1n) is 6.90. The molecule has 0 bridgehead atoms. The molecule has 2 fully saturated rings. The minimum atomic E-state index is -0.937. The molecule has 0 saturated carbocycles. The van der Waals surface area contributed by atoms with Crippen molar-refractivity contribution in [1.82, 2.24) is 15.1 Å². The molecule has 0 aromatic rings. The molecule has 2 unspecified atom stereocenters. The number of nitrogens with two attached hydrogens (primary N) is 1. The molecule has 0 radical (unpaired) electrons. The summed E-state index contributed by atoms with van der Waals surface area (Å²) >= 11 is 0. The molecule has 0 spiro atoms. The fourth-order valence-corrected chi connectivity index (χ4v) is 2.85. The van der Waals surface area contributed by atoms with Crippen LogP contribution in [0.5, 0.6) is 0 Å². The number of carbonyl (C=O) groups excluding carboxylic acids is 3. The molecular weight excluding hydrogens is 296 g/mol. The fourth-order valence-electron chi connectivity index (χ4n) is 2.85. The van der Waals surface area contributed by atoms with Gasteiger partial charge in [-0.3, -0.25) is 14.5 Å². The monoisotopic (exact) mass is 318 g/mol. The van der Waals surface area contributed by atoms with Gasteiger partial charge in [-0.05, 0) is 39.7 Å². The van der Waals surface area contributed by atoms with E-state index in [0.717, 1.165) is 11.3 Å². The first-order valence-corrected chi connectivity index (χ1v) is 6.90. The summed E-state index contributed by atoms with van der Waals surface area (Å²) < 4.78 is 0. The highest BCUT2D eigenvalue weighted by Gasteiger charge is 2.45. The lowest BCUT2D eigenvalue weighted by Crippen LogP contribution is -2.45. The molecule has 2 saturated heterocycles. The van der Waals surface area contributed by atoms with Crippen LogP contribution in [-0.4, -0.2) is 58.9 Å². The molecule has 7 nitrogen and oxygen atoms in total. The van der Waals surface area contributed by atoms with Gasteiger partial charge in [-0.2, -0.15) is 0 Å². The second-order valence-corrected chi connectivity index (χ2v) is 6.18. The van der Waals surface area contributed by atoms with Gasteiger partial charge in [0.25, 0.3) is 5.91 Å². The topological polar surface area (TPSA) is 95.7 Å². The van der Waals surface area contributed by atoms with Crippen molar-refractivity contribution in [2.24, 2.45) is 11.7 Å². The molecule has 4 amide bonds. The van der Waals surface area contributed by atoms with E-state index in [4.69, 9.17) is 5.73 Å². The quantitative estimate of drug-likeness (QED) is 0.712. The number of hydrogen-bond acceptors (Lipinski definition) is 4. The van der Waals surface area contributed by atoms with Gasteiger partial charge in [-0.1, -0.05) is 0 Å². The minimum Gasteiger partial charge on any atom is -0.338 e. The van der Waals surface area contributed by atoms with Gasteiger partial charge in [-0.15, -0.1) is 12.4 Å². The third-order valence-corrected chi connectivity index (χ3v) is 4.05. The van der Waals surface area contributed by atoms with Crippen LogP contribution < -0.4 is 11.1 Å². The van der Waals surface area contributed by atoms with E-state index in [0.29, 0.717) is 19.0 Å². The van der Waals surface area contributed by atoms with E-state index in [1.54, 1.807) is 18.7 Å². The van der Waals surface area contributed by atoms with Gasteiger partial charge in [0.2, 0.25) is 5.91 Å². The van der Waals surface area contributed by atoms with E-state index >= 15 is 0 Å². The summed E-state index contributed by atoms with van der Waals surface area (Å²) in [6.07, 6.45) is 0.869. The number of hydrogen-bond donors (Lipinski definition) is 2. The number of amides is 4. The summed E-state index contributed by atoms with van der Waals surface area (Å²) in [5, 5.41) is 2.57. The van der Waals surface area contributed by atoms with Crippen LogP contribution in [0.15, 0.2) is 0 Å². The van der Waals surface area contributed by atoms with Gasteiger partial charge in [-0.25, -0.2) is 4.79 Å². The Morgan fingerprint density at radius 1 is 1.43 bits per heavy atom. The van der Waals surface area contributed by atoms with Crippen LogP contribution in [0.1, 0.15) is 27.2 Å². The van der Waals surface area contributed by atoms with Crippen LogP contribution in [0.2, 0.25) is 0 Å². The second kappa shape index (κ2) is 6.19. The first-order chi connectivity index (χ1) is 9.26. The predicted molar refractivity (Wildman–Crippen MR) is 79.9 cm³/mol. The molecule has 2 atom stereocenters. The summed E-state index contributed by atoms with van der Waals surface area (Å²) in [6.45, 7) is 6.16. The van der Waals surface area contributed by atoms with Crippen molar-refractivity contribution >= 4 is 30.3 Å². The van der Waals surface area contributed by atoms with Crippen molar-refractivity contribution in [3.8, 4) is 0 Å². The lowest BCUT2D eigenvalue weighted by molar-refractivity contribution is -0.138. The number of rotatable bonds is 3. The van der Waals surface area contributed by atoms with E-state index in [1.165, 1.54) is 0 Å². The van der Waals surface area contributed by atoms with Crippen molar-refractivity contribution in [2.75, 3.05) is 19.6 Å². The molecule has 2 rings (SSSR count). The Morgan fingerprint density at radius 3 is 2.48 bits per heavy atom. The first kappa shape index (κ1) is 17.7. The molecule has 0 aromatic heterocycles. The molecular formula is C13H23ClN4O3. The number of carbonyl (C=O) groups is 3. The zero-order valence-corrected chi connectivity index (χ0v) is 13.4. The molecule has 21 heavy (non-hydrogen) atoms. The third-order valence-electron chi connectivity index (χ3n) is 4.05. The number of nitrogens with zero attached hydrogens (tertiary/aromatic N) is 2. The van der Waals surface area contributed by atoms with E-state index < -0.39 is 11.6 Å². The van der Waals surface area contributed by atoms with Gasteiger partial charge < -0.3 is 16.0 Å². The minimum absolute atomic E-state index is 0. The number of urea groups is 1.